The van der Waals surface area contributed by atoms with Crippen molar-refractivity contribution in [2.24, 2.45) is 5.92 Å². The van der Waals surface area contributed by atoms with E-state index in [-0.39, 0.29) is 0 Å². The van der Waals surface area contributed by atoms with Gasteiger partial charge in [-0.1, -0.05) is 36.8 Å². The van der Waals surface area contributed by atoms with E-state index in [2.05, 4.69) is 50.4 Å². The van der Waals surface area contributed by atoms with Crippen LogP contribution < -0.4 is 5.32 Å². The Morgan fingerprint density at radius 1 is 1.16 bits per heavy atom. The van der Waals surface area contributed by atoms with E-state index in [0.29, 0.717) is 5.92 Å². The average molecular weight is 263 g/mol. The minimum atomic E-state index is 0.711. The molecule has 1 atom stereocenters. The monoisotopic (exact) mass is 263 g/mol. The molecule has 0 heterocycles. The molecule has 0 saturated heterocycles. The summed E-state index contributed by atoms with van der Waals surface area (Å²) in [6, 6.07) is 8.94. The molecule has 2 heteroatoms. The van der Waals surface area contributed by atoms with Crippen molar-refractivity contribution in [2.45, 2.75) is 40.0 Å². The van der Waals surface area contributed by atoms with Gasteiger partial charge in [0, 0.05) is 13.2 Å². The molecule has 0 spiro atoms. The molecule has 2 nitrogen and oxygen atoms in total. The topological polar surface area (TPSA) is 21.3 Å². The van der Waals surface area contributed by atoms with Crippen LogP contribution in [0.5, 0.6) is 0 Å². The van der Waals surface area contributed by atoms with Gasteiger partial charge >= 0.3 is 0 Å². The van der Waals surface area contributed by atoms with Crippen LogP contribution >= 0.6 is 0 Å². The summed E-state index contributed by atoms with van der Waals surface area (Å²) >= 11 is 0. The van der Waals surface area contributed by atoms with E-state index in [0.717, 1.165) is 32.7 Å². The lowest BCUT2D eigenvalue weighted by Crippen LogP contribution is -2.24. The predicted molar refractivity (Wildman–Crippen MR) is 82.6 cm³/mol. The SMILES string of the molecule is CCNCC(CCCOCC)Cc1ccc(C)cc1. The summed E-state index contributed by atoms with van der Waals surface area (Å²) in [6.07, 6.45) is 3.57. The molecule has 0 saturated carbocycles. The van der Waals surface area contributed by atoms with E-state index in [1.54, 1.807) is 0 Å². The van der Waals surface area contributed by atoms with E-state index in [9.17, 15) is 0 Å². The van der Waals surface area contributed by atoms with Crippen molar-refractivity contribution < 1.29 is 4.74 Å². The molecular weight excluding hydrogens is 234 g/mol. The smallest absolute Gasteiger partial charge is 0.0466 e. The van der Waals surface area contributed by atoms with Crippen LogP contribution in [0.1, 0.15) is 37.8 Å². The van der Waals surface area contributed by atoms with Gasteiger partial charge < -0.3 is 10.1 Å². The third kappa shape index (κ3) is 7.34. The first-order chi connectivity index (χ1) is 9.26. The van der Waals surface area contributed by atoms with Crippen LogP contribution in [0.4, 0.5) is 0 Å². The van der Waals surface area contributed by atoms with E-state index in [4.69, 9.17) is 4.74 Å². The van der Waals surface area contributed by atoms with Crippen LogP contribution in [0.2, 0.25) is 0 Å². The summed E-state index contributed by atoms with van der Waals surface area (Å²) in [4.78, 5) is 0. The fourth-order valence-electron chi connectivity index (χ4n) is 2.30. The van der Waals surface area contributed by atoms with Gasteiger partial charge in [0.2, 0.25) is 0 Å². The van der Waals surface area contributed by atoms with Gasteiger partial charge in [-0.25, -0.2) is 0 Å². The lowest BCUT2D eigenvalue weighted by atomic mass is 9.94. The summed E-state index contributed by atoms with van der Waals surface area (Å²) in [5.74, 6) is 0.711. The zero-order chi connectivity index (χ0) is 13.9. The molecule has 108 valence electrons. The number of ether oxygens (including phenoxy) is 1. The molecule has 0 aliphatic heterocycles. The molecule has 0 bridgehead atoms. The Labute approximate surface area is 118 Å². The van der Waals surface area contributed by atoms with Gasteiger partial charge in [-0.15, -0.1) is 0 Å². The number of nitrogens with one attached hydrogen (secondary N) is 1. The van der Waals surface area contributed by atoms with Crippen LogP contribution in [0.25, 0.3) is 0 Å². The van der Waals surface area contributed by atoms with Gasteiger partial charge in [-0.3, -0.25) is 0 Å². The Morgan fingerprint density at radius 3 is 2.53 bits per heavy atom. The lowest BCUT2D eigenvalue weighted by molar-refractivity contribution is 0.139. The normalized spacial score (nSPS) is 12.6. The maximum absolute atomic E-state index is 5.43. The van der Waals surface area contributed by atoms with Crippen molar-refractivity contribution in [1.29, 1.82) is 0 Å². The first-order valence-corrected chi connectivity index (χ1v) is 7.60. The number of rotatable bonds is 10. The summed E-state index contributed by atoms with van der Waals surface area (Å²) < 4.78 is 5.43. The minimum Gasteiger partial charge on any atom is -0.382 e. The number of hydrogen-bond acceptors (Lipinski definition) is 2. The second kappa shape index (κ2) is 9.99. The van der Waals surface area contributed by atoms with Crippen molar-refractivity contribution >= 4 is 0 Å². The average Bonchev–Trinajstić information content (AvgIpc) is 2.43. The number of benzene rings is 1. The van der Waals surface area contributed by atoms with Crippen molar-refractivity contribution in [3.8, 4) is 0 Å². The first-order valence-electron chi connectivity index (χ1n) is 7.60. The standard InChI is InChI=1S/C17H29NO/c1-4-18-14-17(7-6-12-19-5-2)13-16-10-8-15(3)9-11-16/h8-11,17-18H,4-7,12-14H2,1-3H3. The zero-order valence-corrected chi connectivity index (χ0v) is 12.7. The molecule has 1 unspecified atom stereocenters. The zero-order valence-electron chi connectivity index (χ0n) is 12.7. The van der Waals surface area contributed by atoms with E-state index < -0.39 is 0 Å². The lowest BCUT2D eigenvalue weighted by Gasteiger charge is -2.17. The molecule has 0 aliphatic rings. The predicted octanol–water partition coefficient (Wildman–Crippen LogP) is 3.58. The summed E-state index contributed by atoms with van der Waals surface area (Å²) in [5.41, 5.74) is 2.79. The summed E-state index contributed by atoms with van der Waals surface area (Å²) in [7, 11) is 0. The van der Waals surface area contributed by atoms with Crippen molar-refractivity contribution in [3.63, 3.8) is 0 Å². The Morgan fingerprint density at radius 2 is 1.89 bits per heavy atom. The van der Waals surface area contributed by atoms with Gasteiger partial charge in [0.1, 0.15) is 0 Å². The second-order valence-corrected chi connectivity index (χ2v) is 5.20. The maximum atomic E-state index is 5.43. The number of hydrogen-bond donors (Lipinski definition) is 1. The highest BCUT2D eigenvalue weighted by atomic mass is 16.5. The Kier molecular flexibility index (Phi) is 8.52. The van der Waals surface area contributed by atoms with Gasteiger partial charge in [0.15, 0.2) is 0 Å². The van der Waals surface area contributed by atoms with E-state index in [1.165, 1.54) is 24.0 Å². The maximum Gasteiger partial charge on any atom is 0.0466 e. The van der Waals surface area contributed by atoms with Gasteiger partial charge in [-0.2, -0.15) is 0 Å². The molecule has 0 fully saturated rings. The third-order valence-electron chi connectivity index (χ3n) is 3.43. The quantitative estimate of drug-likeness (QED) is 0.651. The molecule has 0 radical (unpaired) electrons. The molecule has 0 aromatic heterocycles. The van der Waals surface area contributed by atoms with Gasteiger partial charge in [0.05, 0.1) is 0 Å². The molecule has 1 N–H and O–H groups in total. The molecule has 1 aromatic carbocycles. The van der Waals surface area contributed by atoms with Crippen molar-refractivity contribution in [1.82, 2.24) is 5.32 Å². The third-order valence-corrected chi connectivity index (χ3v) is 3.43. The fourth-order valence-corrected chi connectivity index (χ4v) is 2.30. The minimum absolute atomic E-state index is 0.711. The number of aryl methyl sites for hydroxylation is 1. The van der Waals surface area contributed by atoms with E-state index in [1.807, 2.05) is 0 Å². The van der Waals surface area contributed by atoms with Crippen LogP contribution in [-0.2, 0) is 11.2 Å². The van der Waals surface area contributed by atoms with Crippen LogP contribution in [0.15, 0.2) is 24.3 Å². The molecule has 0 amide bonds. The van der Waals surface area contributed by atoms with Gasteiger partial charge in [-0.05, 0) is 57.7 Å². The largest absolute Gasteiger partial charge is 0.382 e. The van der Waals surface area contributed by atoms with Crippen molar-refractivity contribution in [2.75, 3.05) is 26.3 Å². The molecule has 19 heavy (non-hydrogen) atoms. The van der Waals surface area contributed by atoms with Gasteiger partial charge in [0.25, 0.3) is 0 Å². The van der Waals surface area contributed by atoms with Crippen LogP contribution in [-0.4, -0.2) is 26.3 Å². The molecule has 1 aromatic rings. The van der Waals surface area contributed by atoms with Crippen LogP contribution in [0.3, 0.4) is 0 Å². The van der Waals surface area contributed by atoms with E-state index >= 15 is 0 Å². The highest BCUT2D eigenvalue weighted by molar-refractivity contribution is 5.21. The fraction of sp³-hybridized carbons (Fsp3) is 0.647. The highest BCUT2D eigenvalue weighted by Gasteiger charge is 2.09. The summed E-state index contributed by atoms with van der Waals surface area (Å²) in [5, 5.41) is 3.48. The first kappa shape index (κ1) is 16.2. The molecular formula is C17H29NO. The molecule has 0 aliphatic carbocycles. The molecule has 1 rings (SSSR count). The Balaban J connectivity index is 2.41. The van der Waals surface area contributed by atoms with Crippen LogP contribution in [0, 0.1) is 12.8 Å². The highest BCUT2D eigenvalue weighted by Crippen LogP contribution is 2.14. The second-order valence-electron chi connectivity index (χ2n) is 5.20. The summed E-state index contributed by atoms with van der Waals surface area (Å²) in [6.45, 7) is 10.3. The van der Waals surface area contributed by atoms with Crippen molar-refractivity contribution in [3.05, 3.63) is 35.4 Å². The Hall–Kier alpha value is -0.860. The Bertz CT molecular complexity index is 321.